The number of halogens is 1. The van der Waals surface area contributed by atoms with Crippen molar-refractivity contribution < 1.29 is 19.7 Å². The van der Waals surface area contributed by atoms with E-state index in [1.807, 2.05) is 0 Å². The average molecular weight is 360 g/mol. The number of benzene rings is 2. The van der Waals surface area contributed by atoms with Crippen LogP contribution in [0.5, 0.6) is 11.5 Å². The van der Waals surface area contributed by atoms with Crippen LogP contribution in [0.1, 0.15) is 19.3 Å². The number of anilines is 1. The number of aliphatic hydroxyl groups excluding tert-OH is 1. The van der Waals surface area contributed by atoms with E-state index in [4.69, 9.17) is 16.3 Å². The molecule has 0 bridgehead atoms. The van der Waals surface area contributed by atoms with Gasteiger partial charge >= 0.3 is 0 Å². The van der Waals surface area contributed by atoms with E-state index in [-0.39, 0.29) is 5.91 Å². The number of carbonyl (C=O) groups excluding carboxylic acids is 1. The molecule has 3 N–H and O–H groups in total. The van der Waals surface area contributed by atoms with E-state index in [1.54, 1.807) is 48.5 Å². The van der Waals surface area contributed by atoms with Gasteiger partial charge in [-0.05, 0) is 73.4 Å². The molecule has 6 heteroatoms. The summed E-state index contributed by atoms with van der Waals surface area (Å²) in [5.41, 5.74) is 1.47. The maximum absolute atomic E-state index is 12.3. The van der Waals surface area contributed by atoms with E-state index in [0.29, 0.717) is 46.2 Å². The Bertz CT molecular complexity index is 782. The van der Waals surface area contributed by atoms with Crippen LogP contribution in [0.15, 0.2) is 59.7 Å². The van der Waals surface area contributed by atoms with Crippen molar-refractivity contribution in [3.8, 4) is 11.5 Å². The summed E-state index contributed by atoms with van der Waals surface area (Å²) in [6, 6.07) is 14.0. The Morgan fingerprint density at radius 1 is 1.00 bits per heavy atom. The summed E-state index contributed by atoms with van der Waals surface area (Å²) in [6.07, 6.45) is 0.271. The van der Waals surface area contributed by atoms with Gasteiger partial charge in [0.25, 0.3) is 5.91 Å². The van der Waals surface area contributed by atoms with Gasteiger partial charge in [0, 0.05) is 16.3 Å². The van der Waals surface area contributed by atoms with Gasteiger partial charge in [0.05, 0.1) is 0 Å². The Labute approximate surface area is 150 Å². The molecule has 0 radical (unpaired) electrons. The summed E-state index contributed by atoms with van der Waals surface area (Å²) in [5.74, 6) is 0.998. The van der Waals surface area contributed by atoms with Crippen LogP contribution in [-0.2, 0) is 4.79 Å². The van der Waals surface area contributed by atoms with Crippen molar-refractivity contribution in [1.29, 1.82) is 0 Å². The van der Waals surface area contributed by atoms with Crippen molar-refractivity contribution in [2.24, 2.45) is 0 Å². The average Bonchev–Trinajstić information content (AvgIpc) is 3.09. The molecule has 2 aromatic carbocycles. The molecule has 0 atom stereocenters. The van der Waals surface area contributed by atoms with Gasteiger partial charge in [-0.1, -0.05) is 11.6 Å². The first-order valence-electron chi connectivity index (χ1n) is 7.96. The normalized spacial score (nSPS) is 14.1. The Morgan fingerprint density at radius 2 is 1.60 bits per heavy atom. The quantitative estimate of drug-likeness (QED) is 0.708. The van der Waals surface area contributed by atoms with Crippen LogP contribution in [0, 0.1) is 0 Å². The first kappa shape index (κ1) is 17.5. The number of rotatable bonds is 5. The Morgan fingerprint density at radius 3 is 2.20 bits per heavy atom. The summed E-state index contributed by atoms with van der Waals surface area (Å²) >= 11 is 5.84. The molecule has 0 fully saturated rings. The van der Waals surface area contributed by atoms with Gasteiger partial charge in [-0.3, -0.25) is 4.79 Å². The fourth-order valence-corrected chi connectivity index (χ4v) is 2.89. The summed E-state index contributed by atoms with van der Waals surface area (Å²) in [5, 5.41) is 22.1. The number of aliphatic hydroxyl groups is 2. The monoisotopic (exact) mass is 359 g/mol. The second-order valence-corrected chi connectivity index (χ2v) is 6.20. The summed E-state index contributed by atoms with van der Waals surface area (Å²) < 4.78 is 5.69. The highest BCUT2D eigenvalue weighted by Gasteiger charge is 2.24. The van der Waals surface area contributed by atoms with Gasteiger partial charge in [-0.15, -0.1) is 0 Å². The third-order valence-electron chi connectivity index (χ3n) is 4.01. The first-order valence-corrected chi connectivity index (χ1v) is 8.33. The number of ether oxygens (including phenoxy) is 1. The highest BCUT2D eigenvalue weighted by molar-refractivity contribution is 6.30. The van der Waals surface area contributed by atoms with E-state index in [1.165, 1.54) is 0 Å². The lowest BCUT2D eigenvalue weighted by atomic mass is 10.1. The van der Waals surface area contributed by atoms with Gasteiger partial charge in [-0.2, -0.15) is 0 Å². The lowest BCUT2D eigenvalue weighted by molar-refractivity contribution is -0.113. The van der Waals surface area contributed by atoms with Gasteiger partial charge in [0.1, 0.15) is 11.5 Å². The van der Waals surface area contributed by atoms with Crippen LogP contribution in [0.2, 0.25) is 5.02 Å². The van der Waals surface area contributed by atoms with E-state index in [9.17, 15) is 15.0 Å². The van der Waals surface area contributed by atoms with Crippen LogP contribution in [0.3, 0.4) is 0 Å². The smallest absolute Gasteiger partial charge is 0.251 e. The number of hydrogen-bond acceptors (Lipinski definition) is 4. The molecule has 25 heavy (non-hydrogen) atoms. The van der Waals surface area contributed by atoms with Gasteiger partial charge in [-0.25, -0.2) is 0 Å². The fourth-order valence-electron chi connectivity index (χ4n) is 2.76. The van der Waals surface area contributed by atoms with Crippen molar-refractivity contribution >= 4 is 23.2 Å². The maximum Gasteiger partial charge on any atom is 0.251 e. The molecule has 5 nitrogen and oxygen atoms in total. The minimum atomic E-state index is -1.57. The maximum atomic E-state index is 12.3. The zero-order valence-electron chi connectivity index (χ0n) is 13.4. The fraction of sp³-hybridized carbons (Fsp3) is 0.211. The predicted octanol–water partition coefficient (Wildman–Crippen LogP) is 3.86. The molecule has 1 aliphatic carbocycles. The SMILES string of the molecule is O=C(Nc1ccc(Oc2ccc(Cl)cc2)cc1)C1=C(C(O)O)CCC1. The van der Waals surface area contributed by atoms with Crippen LogP contribution in [0.25, 0.3) is 0 Å². The van der Waals surface area contributed by atoms with Crippen molar-refractivity contribution in [2.45, 2.75) is 25.6 Å². The van der Waals surface area contributed by atoms with Crippen LogP contribution < -0.4 is 10.1 Å². The van der Waals surface area contributed by atoms with Gasteiger partial charge < -0.3 is 20.3 Å². The summed E-state index contributed by atoms with van der Waals surface area (Å²) in [7, 11) is 0. The van der Waals surface area contributed by atoms with E-state index in [0.717, 1.165) is 6.42 Å². The minimum Gasteiger partial charge on any atom is -0.457 e. The second-order valence-electron chi connectivity index (χ2n) is 5.77. The van der Waals surface area contributed by atoms with Crippen molar-refractivity contribution in [2.75, 3.05) is 5.32 Å². The zero-order chi connectivity index (χ0) is 17.8. The summed E-state index contributed by atoms with van der Waals surface area (Å²) in [4.78, 5) is 12.3. The molecule has 0 aliphatic heterocycles. The van der Waals surface area contributed by atoms with Gasteiger partial charge in [0.2, 0.25) is 0 Å². The molecule has 0 spiro atoms. The largest absolute Gasteiger partial charge is 0.457 e. The van der Waals surface area contributed by atoms with Gasteiger partial charge in [0.15, 0.2) is 6.29 Å². The molecular weight excluding hydrogens is 342 g/mol. The molecule has 0 aromatic heterocycles. The van der Waals surface area contributed by atoms with Crippen molar-refractivity contribution in [3.05, 3.63) is 64.7 Å². The van der Waals surface area contributed by atoms with Crippen LogP contribution in [0.4, 0.5) is 5.69 Å². The molecule has 3 rings (SSSR count). The molecule has 0 unspecified atom stereocenters. The van der Waals surface area contributed by atoms with Crippen LogP contribution >= 0.6 is 11.6 Å². The molecule has 0 saturated heterocycles. The number of nitrogens with one attached hydrogen (secondary N) is 1. The highest BCUT2D eigenvalue weighted by atomic mass is 35.5. The minimum absolute atomic E-state index is 0.299. The molecule has 2 aromatic rings. The van der Waals surface area contributed by atoms with E-state index in [2.05, 4.69) is 5.32 Å². The standard InChI is InChI=1S/C19H18ClNO4/c20-12-4-8-14(9-5-12)25-15-10-6-13(7-11-15)21-18(22)16-2-1-3-17(16)19(23)24/h4-11,19,23-24H,1-3H2,(H,21,22). The molecule has 130 valence electrons. The molecule has 1 aliphatic rings. The highest BCUT2D eigenvalue weighted by Crippen LogP contribution is 2.29. The van der Waals surface area contributed by atoms with Crippen molar-refractivity contribution in [3.63, 3.8) is 0 Å². The molecule has 0 heterocycles. The second kappa shape index (κ2) is 7.70. The van der Waals surface area contributed by atoms with Crippen molar-refractivity contribution in [1.82, 2.24) is 0 Å². The predicted molar refractivity (Wildman–Crippen MR) is 95.7 cm³/mol. The third kappa shape index (κ3) is 4.39. The third-order valence-corrected chi connectivity index (χ3v) is 4.26. The number of hydrogen-bond donors (Lipinski definition) is 3. The Hall–Kier alpha value is -2.34. The lowest BCUT2D eigenvalue weighted by Crippen LogP contribution is -2.18. The topological polar surface area (TPSA) is 78.8 Å². The Kier molecular flexibility index (Phi) is 5.38. The zero-order valence-corrected chi connectivity index (χ0v) is 14.2. The van der Waals surface area contributed by atoms with Crippen LogP contribution in [-0.4, -0.2) is 22.4 Å². The first-order chi connectivity index (χ1) is 12.0. The van der Waals surface area contributed by atoms with E-state index < -0.39 is 6.29 Å². The summed E-state index contributed by atoms with van der Waals surface area (Å²) in [6.45, 7) is 0. The molecule has 0 saturated carbocycles. The Balaban J connectivity index is 1.65. The molecule has 1 amide bonds. The number of amides is 1. The number of carbonyl (C=O) groups is 1. The molecular formula is C19H18ClNO4. The lowest BCUT2D eigenvalue weighted by Gasteiger charge is -2.11. The van der Waals surface area contributed by atoms with E-state index >= 15 is 0 Å².